The first-order chi connectivity index (χ1) is 24.8. The number of aromatic nitrogens is 3. The third-order valence-corrected chi connectivity index (χ3v) is 9.79. The minimum absolute atomic E-state index is 0.197. The molecule has 0 spiro atoms. The summed E-state index contributed by atoms with van der Waals surface area (Å²) >= 11 is 0. The third kappa shape index (κ3) is 3.79. The number of benzene rings is 6. The summed E-state index contributed by atoms with van der Waals surface area (Å²) in [5.74, 6) is -7.47. The molecule has 7 aromatic rings. The van der Waals surface area contributed by atoms with E-state index < -0.39 is 58.8 Å². The lowest BCUT2D eigenvalue weighted by Crippen LogP contribution is -2.44. The standard InChI is InChI=1S/C40H19N5O6/c46-32-22-13-1-7-19-8-2-14-23(28(19)22)33(47)31(32)34-41-39(44-35(48)24-15-3-9-20-10-4-16-25(29(20)24)36(44)49)43-40(42-34)45-37(50)26-17-5-11-21-12-6-18-27(30(21)26)38(45)51/h1-18,31H. The Balaban J connectivity index is 1.20. The fraction of sp³-hybridized carbons (Fsp3) is 0.0250. The van der Waals surface area contributed by atoms with Gasteiger partial charge in [-0.25, -0.2) is 9.80 Å². The molecule has 0 saturated heterocycles. The normalized spacial score (nSPS) is 15.5. The molecule has 4 amide bonds. The second-order valence-electron chi connectivity index (χ2n) is 12.5. The number of hydrogen-bond acceptors (Lipinski definition) is 9. The molecule has 0 atom stereocenters. The molecule has 10 rings (SSSR count). The number of anilines is 2. The van der Waals surface area contributed by atoms with Crippen LogP contribution < -0.4 is 9.80 Å². The summed E-state index contributed by atoms with van der Waals surface area (Å²) in [6.07, 6.45) is 0. The molecule has 0 N–H and O–H groups in total. The Morgan fingerprint density at radius 2 is 0.667 bits per heavy atom. The SMILES string of the molecule is O=C1c2cccc3cccc(c23)C(=O)C1c1nc(N2C(=O)c3cccc4cccc(c34)C2=O)nc(N2C(=O)c3cccc4cccc(c34)C2=O)n1. The summed E-state index contributed by atoms with van der Waals surface area (Å²) in [6.45, 7) is 0. The van der Waals surface area contributed by atoms with Crippen molar-refractivity contribution in [2.24, 2.45) is 0 Å². The van der Waals surface area contributed by atoms with E-state index in [-0.39, 0.29) is 33.4 Å². The van der Waals surface area contributed by atoms with Gasteiger partial charge in [-0.1, -0.05) is 84.9 Å². The highest BCUT2D eigenvalue weighted by Gasteiger charge is 2.43. The summed E-state index contributed by atoms with van der Waals surface area (Å²) in [6, 6.07) is 30.3. The van der Waals surface area contributed by atoms with Crippen LogP contribution >= 0.6 is 0 Å². The number of Topliss-reactive ketones (excluding diaryl/α,β-unsaturated/α-hetero) is 2. The summed E-state index contributed by atoms with van der Waals surface area (Å²) in [7, 11) is 0. The van der Waals surface area contributed by atoms with E-state index in [1.165, 1.54) is 0 Å². The Bertz CT molecular complexity index is 2390. The van der Waals surface area contributed by atoms with Crippen LogP contribution in [0.5, 0.6) is 0 Å². The number of carbonyl (C=O) groups is 6. The molecule has 0 unspecified atom stereocenters. The molecular formula is C40H19N5O6. The zero-order valence-electron chi connectivity index (χ0n) is 26.2. The van der Waals surface area contributed by atoms with Gasteiger partial charge in [0, 0.05) is 49.5 Å². The van der Waals surface area contributed by atoms with Gasteiger partial charge in [0.2, 0.25) is 11.9 Å². The van der Waals surface area contributed by atoms with Crippen molar-refractivity contribution in [1.29, 1.82) is 0 Å². The number of ketones is 2. The van der Waals surface area contributed by atoms with Crippen molar-refractivity contribution in [2.45, 2.75) is 5.92 Å². The lowest BCUT2D eigenvalue weighted by atomic mass is 9.79. The highest BCUT2D eigenvalue weighted by atomic mass is 16.2. The number of rotatable bonds is 3. The molecule has 1 aliphatic carbocycles. The monoisotopic (exact) mass is 665 g/mol. The zero-order chi connectivity index (χ0) is 34.7. The lowest BCUT2D eigenvalue weighted by molar-refractivity contribution is 0.0847. The second kappa shape index (κ2) is 10.1. The minimum Gasteiger partial charge on any atom is -0.293 e. The van der Waals surface area contributed by atoms with Crippen LogP contribution in [0.1, 0.15) is 73.9 Å². The largest absolute Gasteiger partial charge is 0.293 e. The second-order valence-corrected chi connectivity index (χ2v) is 12.5. The summed E-state index contributed by atoms with van der Waals surface area (Å²) in [4.78, 5) is 99.8. The van der Waals surface area contributed by atoms with Gasteiger partial charge >= 0.3 is 0 Å². The first-order valence-corrected chi connectivity index (χ1v) is 16.0. The van der Waals surface area contributed by atoms with Crippen molar-refractivity contribution >= 4 is 79.4 Å². The predicted octanol–water partition coefficient (Wildman–Crippen LogP) is 6.10. The summed E-state index contributed by atoms with van der Waals surface area (Å²) < 4.78 is 0. The molecule has 3 aliphatic rings. The molecule has 3 heterocycles. The molecule has 0 bridgehead atoms. The van der Waals surface area contributed by atoms with Crippen molar-refractivity contribution in [1.82, 2.24) is 15.0 Å². The molecule has 2 aliphatic heterocycles. The van der Waals surface area contributed by atoms with Gasteiger partial charge in [0.15, 0.2) is 17.4 Å². The fourth-order valence-electron chi connectivity index (χ4n) is 7.54. The van der Waals surface area contributed by atoms with E-state index >= 15 is 0 Å². The van der Waals surface area contributed by atoms with E-state index in [4.69, 9.17) is 0 Å². The van der Waals surface area contributed by atoms with Gasteiger partial charge in [0.25, 0.3) is 23.6 Å². The Morgan fingerprint density at radius 1 is 0.373 bits per heavy atom. The van der Waals surface area contributed by atoms with E-state index in [1.807, 2.05) is 0 Å². The van der Waals surface area contributed by atoms with Crippen LogP contribution in [0.15, 0.2) is 109 Å². The van der Waals surface area contributed by atoms with Crippen LogP contribution in [0.3, 0.4) is 0 Å². The molecule has 1 aromatic heterocycles. The quantitative estimate of drug-likeness (QED) is 0.161. The maximum absolute atomic E-state index is 14.2. The van der Waals surface area contributed by atoms with Crippen LogP contribution in [-0.2, 0) is 0 Å². The Morgan fingerprint density at radius 3 is 1.00 bits per heavy atom. The number of imide groups is 2. The van der Waals surface area contributed by atoms with Crippen LogP contribution in [0.25, 0.3) is 32.3 Å². The molecule has 0 radical (unpaired) electrons. The lowest BCUT2D eigenvalue weighted by Gasteiger charge is -2.29. The molecule has 6 aromatic carbocycles. The van der Waals surface area contributed by atoms with Crippen LogP contribution in [0, 0.1) is 0 Å². The molecule has 11 nitrogen and oxygen atoms in total. The Hall–Kier alpha value is -7.27. The van der Waals surface area contributed by atoms with Gasteiger partial charge in [-0.15, -0.1) is 0 Å². The molecule has 0 fully saturated rings. The van der Waals surface area contributed by atoms with Crippen LogP contribution in [-0.4, -0.2) is 50.1 Å². The number of amides is 4. The number of carbonyl (C=O) groups excluding carboxylic acids is 6. The average Bonchev–Trinajstić information content (AvgIpc) is 3.15. The van der Waals surface area contributed by atoms with Crippen LogP contribution in [0.2, 0.25) is 0 Å². The van der Waals surface area contributed by atoms with Gasteiger partial charge in [0.05, 0.1) is 0 Å². The van der Waals surface area contributed by atoms with Crippen molar-refractivity contribution in [3.8, 4) is 0 Å². The number of hydrogen-bond donors (Lipinski definition) is 0. The van der Waals surface area contributed by atoms with Gasteiger partial charge < -0.3 is 0 Å². The molecule has 240 valence electrons. The first kappa shape index (κ1) is 28.7. The van der Waals surface area contributed by atoms with Crippen molar-refractivity contribution in [2.75, 3.05) is 9.80 Å². The molecule has 51 heavy (non-hydrogen) atoms. The molecular weight excluding hydrogens is 646 g/mol. The Kier molecular flexibility index (Phi) is 5.70. The maximum atomic E-state index is 14.2. The van der Waals surface area contributed by atoms with Crippen molar-refractivity contribution in [3.05, 3.63) is 148 Å². The van der Waals surface area contributed by atoms with E-state index in [0.717, 1.165) is 9.80 Å². The third-order valence-electron chi connectivity index (χ3n) is 9.79. The smallest absolute Gasteiger partial charge is 0.268 e. The average molecular weight is 666 g/mol. The Labute approximate surface area is 286 Å². The first-order valence-electron chi connectivity index (χ1n) is 16.0. The van der Waals surface area contributed by atoms with Gasteiger partial charge in [-0.05, 0) is 40.4 Å². The minimum atomic E-state index is -1.64. The van der Waals surface area contributed by atoms with E-state index in [2.05, 4.69) is 15.0 Å². The highest BCUT2D eigenvalue weighted by Crippen LogP contribution is 2.39. The van der Waals surface area contributed by atoms with Crippen molar-refractivity contribution in [3.63, 3.8) is 0 Å². The topological polar surface area (TPSA) is 148 Å². The van der Waals surface area contributed by atoms with Crippen molar-refractivity contribution < 1.29 is 28.8 Å². The number of nitrogens with zero attached hydrogens (tertiary/aromatic N) is 5. The van der Waals surface area contributed by atoms with E-state index in [9.17, 15) is 28.8 Å². The summed E-state index contributed by atoms with van der Waals surface area (Å²) in [5, 5.41) is 3.43. The predicted molar refractivity (Wildman–Crippen MR) is 185 cm³/mol. The van der Waals surface area contributed by atoms with E-state index in [0.29, 0.717) is 32.3 Å². The summed E-state index contributed by atoms with van der Waals surface area (Å²) in [5.41, 5.74) is 1.30. The van der Waals surface area contributed by atoms with Gasteiger partial charge in [-0.2, -0.15) is 15.0 Å². The fourth-order valence-corrected chi connectivity index (χ4v) is 7.54. The zero-order valence-corrected chi connectivity index (χ0v) is 26.2. The van der Waals surface area contributed by atoms with Gasteiger partial charge in [-0.3, -0.25) is 28.8 Å². The molecule has 11 heteroatoms. The highest BCUT2D eigenvalue weighted by molar-refractivity contribution is 6.37. The maximum Gasteiger partial charge on any atom is 0.268 e. The van der Waals surface area contributed by atoms with Crippen LogP contribution in [0.4, 0.5) is 11.9 Å². The van der Waals surface area contributed by atoms with Gasteiger partial charge in [0.1, 0.15) is 5.92 Å². The van der Waals surface area contributed by atoms with E-state index in [1.54, 1.807) is 109 Å². The molecule has 0 saturated carbocycles.